The minimum absolute atomic E-state index is 0.0552. The lowest BCUT2D eigenvalue weighted by atomic mass is 10.0. The smallest absolute Gasteiger partial charge is 0.239 e. The third kappa shape index (κ3) is 6.09. The number of piperidine rings is 1. The largest absolute Gasteiger partial charge is 0.457 e. The van der Waals surface area contributed by atoms with Crippen LogP contribution in [-0.4, -0.2) is 45.0 Å². The number of aryl methyl sites for hydroxylation is 1. The molecule has 1 fully saturated rings. The molecular weight excluding hydrogens is 464 g/mol. The molecule has 1 aliphatic heterocycles. The number of anilines is 3. The molecule has 2 aromatic heterocycles. The Morgan fingerprint density at radius 3 is 2.65 bits per heavy atom. The molecule has 2 N–H and O–H groups in total. The second-order valence-electron chi connectivity index (χ2n) is 9.91. The lowest BCUT2D eigenvalue weighted by molar-refractivity contribution is -0.117. The summed E-state index contributed by atoms with van der Waals surface area (Å²) in [5, 5.41) is 6.33. The molecule has 0 saturated carbocycles. The van der Waals surface area contributed by atoms with Crippen LogP contribution in [-0.2, 0) is 11.8 Å². The molecule has 37 heavy (non-hydrogen) atoms. The molecule has 0 atom stereocenters. The van der Waals surface area contributed by atoms with Gasteiger partial charge in [-0.25, -0.2) is 9.97 Å². The van der Waals surface area contributed by atoms with E-state index in [-0.39, 0.29) is 5.91 Å². The van der Waals surface area contributed by atoms with Gasteiger partial charge in [0.05, 0.1) is 17.6 Å². The van der Waals surface area contributed by atoms with Crippen molar-refractivity contribution in [2.45, 2.75) is 39.0 Å². The fourth-order valence-electron chi connectivity index (χ4n) is 4.64. The van der Waals surface area contributed by atoms with E-state index in [0.717, 1.165) is 48.6 Å². The van der Waals surface area contributed by atoms with E-state index in [1.807, 2.05) is 35.9 Å². The third-order valence-electron chi connectivity index (χ3n) is 6.71. The van der Waals surface area contributed by atoms with Crippen LogP contribution in [0.15, 0.2) is 60.8 Å². The SMILES string of the molecule is CC(C)c1cccc(Nc2nc3cc(Oc4ccnc(NC(=O)CN5CCCCC5)c4)ccc3n2C)c1. The summed E-state index contributed by atoms with van der Waals surface area (Å²) in [5.41, 5.74) is 4.11. The Kier molecular flexibility index (Phi) is 7.37. The number of ether oxygens (including phenoxy) is 1. The molecule has 1 aliphatic rings. The van der Waals surface area contributed by atoms with Crippen LogP contribution in [0.4, 0.5) is 17.5 Å². The number of carbonyl (C=O) groups is 1. The molecule has 0 unspecified atom stereocenters. The van der Waals surface area contributed by atoms with Crippen LogP contribution in [0.2, 0.25) is 0 Å². The van der Waals surface area contributed by atoms with E-state index < -0.39 is 0 Å². The maximum Gasteiger partial charge on any atom is 0.239 e. The molecule has 0 spiro atoms. The van der Waals surface area contributed by atoms with Crippen molar-refractivity contribution >= 4 is 34.4 Å². The molecule has 0 radical (unpaired) electrons. The van der Waals surface area contributed by atoms with Gasteiger partial charge in [0, 0.05) is 31.1 Å². The lowest BCUT2D eigenvalue weighted by Gasteiger charge is -2.25. The summed E-state index contributed by atoms with van der Waals surface area (Å²) >= 11 is 0. The minimum atomic E-state index is -0.0552. The molecule has 5 rings (SSSR count). The van der Waals surface area contributed by atoms with Crippen LogP contribution in [0.1, 0.15) is 44.6 Å². The van der Waals surface area contributed by atoms with Gasteiger partial charge < -0.3 is 19.9 Å². The highest BCUT2D eigenvalue weighted by atomic mass is 16.5. The third-order valence-corrected chi connectivity index (χ3v) is 6.71. The van der Waals surface area contributed by atoms with Gasteiger partial charge in [0.1, 0.15) is 17.3 Å². The van der Waals surface area contributed by atoms with Crippen LogP contribution in [0, 0.1) is 0 Å². The molecule has 4 aromatic rings. The number of nitrogens with one attached hydrogen (secondary N) is 2. The fourth-order valence-corrected chi connectivity index (χ4v) is 4.64. The van der Waals surface area contributed by atoms with Crippen molar-refractivity contribution in [1.29, 1.82) is 0 Å². The lowest BCUT2D eigenvalue weighted by Crippen LogP contribution is -2.36. The van der Waals surface area contributed by atoms with Crippen molar-refractivity contribution in [2.75, 3.05) is 30.3 Å². The Morgan fingerprint density at radius 1 is 1.03 bits per heavy atom. The first-order valence-corrected chi connectivity index (χ1v) is 12.9. The van der Waals surface area contributed by atoms with E-state index in [0.29, 0.717) is 29.8 Å². The molecule has 1 amide bonds. The highest BCUT2D eigenvalue weighted by Gasteiger charge is 2.15. The van der Waals surface area contributed by atoms with E-state index in [9.17, 15) is 4.79 Å². The molecule has 8 heteroatoms. The number of rotatable bonds is 8. The van der Waals surface area contributed by atoms with Gasteiger partial charge in [0.25, 0.3) is 0 Å². The van der Waals surface area contributed by atoms with E-state index in [4.69, 9.17) is 9.72 Å². The van der Waals surface area contributed by atoms with Gasteiger partial charge >= 0.3 is 0 Å². The normalized spacial score (nSPS) is 14.2. The highest BCUT2D eigenvalue weighted by Crippen LogP contribution is 2.29. The van der Waals surface area contributed by atoms with Crippen LogP contribution in [0.3, 0.4) is 0 Å². The molecule has 2 aromatic carbocycles. The van der Waals surface area contributed by atoms with Gasteiger partial charge in [-0.2, -0.15) is 0 Å². The molecular formula is C29H34N6O2. The van der Waals surface area contributed by atoms with Gasteiger partial charge in [-0.1, -0.05) is 32.4 Å². The summed E-state index contributed by atoms with van der Waals surface area (Å²) in [6.07, 6.45) is 5.18. The second kappa shape index (κ2) is 11.0. The van der Waals surface area contributed by atoms with Gasteiger partial charge in [-0.3, -0.25) is 9.69 Å². The van der Waals surface area contributed by atoms with Crippen LogP contribution in [0.5, 0.6) is 11.5 Å². The Labute approximate surface area is 217 Å². The average Bonchev–Trinajstić information content (AvgIpc) is 3.19. The Hall–Kier alpha value is -3.91. The van der Waals surface area contributed by atoms with Crippen molar-refractivity contribution in [1.82, 2.24) is 19.4 Å². The van der Waals surface area contributed by atoms with Gasteiger partial charge in [0.15, 0.2) is 0 Å². The molecule has 8 nitrogen and oxygen atoms in total. The first kappa shape index (κ1) is 24.8. The first-order chi connectivity index (χ1) is 17.9. The quantitative estimate of drug-likeness (QED) is 0.308. The highest BCUT2D eigenvalue weighted by molar-refractivity contribution is 5.91. The number of nitrogens with zero attached hydrogens (tertiary/aromatic N) is 4. The monoisotopic (exact) mass is 498 g/mol. The zero-order chi connectivity index (χ0) is 25.8. The minimum Gasteiger partial charge on any atom is -0.457 e. The molecule has 3 heterocycles. The standard InChI is InChI=1S/C29H34N6O2/c1-20(2)21-8-7-9-22(16-21)31-29-32-25-17-23(10-11-26(25)34(29)3)37-24-12-13-30-27(18-24)33-28(36)19-35-14-5-4-6-15-35/h7-13,16-18,20H,4-6,14-15,19H2,1-3H3,(H,31,32)(H,30,33,36). The number of imidazole rings is 1. The number of aromatic nitrogens is 3. The number of hydrogen-bond donors (Lipinski definition) is 2. The number of carbonyl (C=O) groups excluding carboxylic acids is 1. The predicted octanol–water partition coefficient (Wildman–Crippen LogP) is 6.05. The Bertz CT molecular complexity index is 1390. The molecule has 1 saturated heterocycles. The molecule has 0 aliphatic carbocycles. The summed E-state index contributed by atoms with van der Waals surface area (Å²) in [5.74, 6) is 2.90. The number of amides is 1. The van der Waals surface area contributed by atoms with Gasteiger partial charge in [-0.05, 0) is 67.7 Å². The van der Waals surface area contributed by atoms with E-state index in [1.54, 1.807) is 18.3 Å². The Balaban J connectivity index is 1.27. The topological polar surface area (TPSA) is 84.3 Å². The van der Waals surface area contributed by atoms with Crippen molar-refractivity contribution < 1.29 is 9.53 Å². The van der Waals surface area contributed by atoms with Crippen molar-refractivity contribution in [3.8, 4) is 11.5 Å². The van der Waals surface area contributed by atoms with Crippen LogP contribution in [0.25, 0.3) is 11.0 Å². The number of fused-ring (bicyclic) bond motifs is 1. The summed E-state index contributed by atoms with van der Waals surface area (Å²) in [6, 6.07) is 17.8. The maximum absolute atomic E-state index is 12.5. The molecule has 192 valence electrons. The zero-order valence-electron chi connectivity index (χ0n) is 21.7. The fraction of sp³-hybridized carbons (Fsp3) is 0.345. The maximum atomic E-state index is 12.5. The zero-order valence-corrected chi connectivity index (χ0v) is 21.7. The van der Waals surface area contributed by atoms with Crippen molar-refractivity contribution in [3.05, 3.63) is 66.4 Å². The second-order valence-corrected chi connectivity index (χ2v) is 9.91. The first-order valence-electron chi connectivity index (χ1n) is 12.9. The van der Waals surface area contributed by atoms with E-state index >= 15 is 0 Å². The number of likely N-dealkylation sites (tertiary alicyclic amines) is 1. The van der Waals surface area contributed by atoms with E-state index in [2.05, 4.69) is 52.6 Å². The molecule has 0 bridgehead atoms. The number of hydrogen-bond acceptors (Lipinski definition) is 6. The van der Waals surface area contributed by atoms with Crippen molar-refractivity contribution in [3.63, 3.8) is 0 Å². The summed E-state index contributed by atoms with van der Waals surface area (Å²) in [7, 11) is 1.99. The summed E-state index contributed by atoms with van der Waals surface area (Å²) in [6.45, 7) is 6.71. The van der Waals surface area contributed by atoms with Crippen LogP contribution >= 0.6 is 0 Å². The van der Waals surface area contributed by atoms with Crippen molar-refractivity contribution in [2.24, 2.45) is 7.05 Å². The van der Waals surface area contributed by atoms with E-state index in [1.165, 1.54) is 12.0 Å². The summed E-state index contributed by atoms with van der Waals surface area (Å²) < 4.78 is 8.13. The Morgan fingerprint density at radius 2 is 1.84 bits per heavy atom. The predicted molar refractivity (Wildman–Crippen MR) is 148 cm³/mol. The van der Waals surface area contributed by atoms with Gasteiger partial charge in [0.2, 0.25) is 11.9 Å². The van der Waals surface area contributed by atoms with Gasteiger partial charge in [-0.15, -0.1) is 0 Å². The number of benzene rings is 2. The summed E-state index contributed by atoms with van der Waals surface area (Å²) in [4.78, 5) is 23.7. The van der Waals surface area contributed by atoms with Crippen LogP contribution < -0.4 is 15.4 Å². The number of pyridine rings is 1. The average molecular weight is 499 g/mol.